The molecule has 0 aromatic heterocycles. The number of carboxylic acids is 1. The van der Waals surface area contributed by atoms with Crippen molar-refractivity contribution in [1.82, 2.24) is 0 Å². The molecular formula is C7H8O5. The lowest BCUT2D eigenvalue weighted by molar-refractivity contribution is -0.133. The highest BCUT2D eigenvalue weighted by atomic mass is 16.7. The van der Waals surface area contributed by atoms with Crippen molar-refractivity contribution in [2.75, 3.05) is 6.61 Å². The monoisotopic (exact) mass is 172 g/mol. The van der Waals surface area contributed by atoms with Crippen molar-refractivity contribution < 1.29 is 24.2 Å². The van der Waals surface area contributed by atoms with E-state index in [0.717, 1.165) is 6.26 Å². The molecule has 0 radical (unpaired) electrons. The van der Waals surface area contributed by atoms with Gasteiger partial charge in [-0.05, 0) is 12.8 Å². The minimum Gasteiger partial charge on any atom is -0.478 e. The molecule has 12 heavy (non-hydrogen) atoms. The smallest absolute Gasteiger partial charge is 0.478 e. The van der Waals surface area contributed by atoms with Crippen LogP contribution in [0.5, 0.6) is 0 Å². The predicted octanol–water partition coefficient (Wildman–Crippen LogP) is 0.902. The van der Waals surface area contributed by atoms with Gasteiger partial charge in [0, 0.05) is 0 Å². The van der Waals surface area contributed by atoms with E-state index in [9.17, 15) is 9.59 Å². The molecular weight excluding hydrogens is 164 g/mol. The fraction of sp³-hybridized carbons (Fsp3) is 0.429. The Morgan fingerprint density at radius 2 is 2.33 bits per heavy atom. The van der Waals surface area contributed by atoms with E-state index in [1.54, 1.807) is 0 Å². The first-order valence-corrected chi connectivity index (χ1v) is 3.46. The number of ether oxygens (including phenoxy) is 2. The lowest BCUT2D eigenvalue weighted by atomic mass is 10.1. The zero-order valence-electron chi connectivity index (χ0n) is 6.28. The van der Waals surface area contributed by atoms with Crippen LogP contribution >= 0.6 is 0 Å². The lowest BCUT2D eigenvalue weighted by Crippen LogP contribution is -2.12. The minimum atomic E-state index is -1.07. The van der Waals surface area contributed by atoms with Gasteiger partial charge in [-0.25, -0.2) is 9.59 Å². The summed E-state index contributed by atoms with van der Waals surface area (Å²) in [4.78, 5) is 20.9. The van der Waals surface area contributed by atoms with Crippen molar-refractivity contribution in [3.8, 4) is 0 Å². The first kappa shape index (κ1) is 8.58. The highest BCUT2D eigenvalue weighted by Gasteiger charge is 2.13. The van der Waals surface area contributed by atoms with Gasteiger partial charge in [0.1, 0.15) is 6.26 Å². The van der Waals surface area contributed by atoms with Crippen molar-refractivity contribution in [3.63, 3.8) is 0 Å². The van der Waals surface area contributed by atoms with Gasteiger partial charge in [-0.1, -0.05) is 0 Å². The number of rotatable bonds is 1. The highest BCUT2D eigenvalue weighted by Crippen LogP contribution is 2.09. The molecule has 1 aliphatic heterocycles. The SMILES string of the molecule is O=C1O/C=C(/C(=O)O)CCCO1. The largest absolute Gasteiger partial charge is 0.513 e. The molecule has 5 heteroatoms. The molecule has 1 aliphatic rings. The second-order valence-corrected chi connectivity index (χ2v) is 2.27. The van der Waals surface area contributed by atoms with Crippen molar-refractivity contribution in [1.29, 1.82) is 0 Å². The fourth-order valence-electron chi connectivity index (χ4n) is 0.788. The number of carbonyl (C=O) groups excluding carboxylic acids is 1. The number of cyclic esters (lactones) is 2. The van der Waals surface area contributed by atoms with Crippen molar-refractivity contribution in [2.45, 2.75) is 12.8 Å². The van der Waals surface area contributed by atoms with Crippen LogP contribution < -0.4 is 0 Å². The average Bonchev–Trinajstić information content (AvgIpc) is 1.97. The van der Waals surface area contributed by atoms with Crippen LogP contribution in [0.15, 0.2) is 11.8 Å². The summed E-state index contributed by atoms with van der Waals surface area (Å²) in [5, 5.41) is 8.54. The highest BCUT2D eigenvalue weighted by molar-refractivity contribution is 5.86. The van der Waals surface area contributed by atoms with Gasteiger partial charge in [-0.3, -0.25) is 0 Å². The van der Waals surface area contributed by atoms with E-state index in [1.165, 1.54) is 0 Å². The van der Waals surface area contributed by atoms with Gasteiger partial charge in [0.05, 0.1) is 12.2 Å². The predicted molar refractivity (Wildman–Crippen MR) is 37.4 cm³/mol. The molecule has 0 aromatic carbocycles. The molecule has 0 fully saturated rings. The van der Waals surface area contributed by atoms with Gasteiger partial charge < -0.3 is 14.6 Å². The van der Waals surface area contributed by atoms with Crippen LogP contribution in [0.2, 0.25) is 0 Å². The Morgan fingerprint density at radius 3 is 3.00 bits per heavy atom. The summed E-state index contributed by atoms with van der Waals surface area (Å²) in [5.74, 6) is -1.07. The van der Waals surface area contributed by atoms with Crippen LogP contribution in [0.4, 0.5) is 4.79 Å². The maximum Gasteiger partial charge on any atom is 0.513 e. The van der Waals surface area contributed by atoms with Crippen LogP contribution in [-0.4, -0.2) is 23.8 Å². The number of hydrogen-bond donors (Lipinski definition) is 1. The molecule has 0 unspecified atom stereocenters. The molecule has 0 saturated heterocycles. The number of aliphatic carboxylic acids is 1. The molecule has 1 heterocycles. The topological polar surface area (TPSA) is 72.8 Å². The summed E-state index contributed by atoms with van der Waals surface area (Å²) < 4.78 is 8.86. The number of hydrogen-bond acceptors (Lipinski definition) is 4. The van der Waals surface area contributed by atoms with E-state index >= 15 is 0 Å². The first-order chi connectivity index (χ1) is 5.70. The molecule has 0 atom stereocenters. The Hall–Kier alpha value is -1.52. The molecule has 0 aromatic rings. The maximum atomic E-state index is 10.5. The summed E-state index contributed by atoms with van der Waals surface area (Å²) in [6.45, 7) is 0.198. The quantitative estimate of drug-likeness (QED) is 0.595. The van der Waals surface area contributed by atoms with Crippen molar-refractivity contribution in [2.24, 2.45) is 0 Å². The van der Waals surface area contributed by atoms with E-state index < -0.39 is 12.1 Å². The molecule has 0 saturated carbocycles. The third-order valence-electron chi connectivity index (χ3n) is 1.38. The molecule has 0 amide bonds. The summed E-state index contributed by atoms with van der Waals surface area (Å²) in [7, 11) is 0. The van der Waals surface area contributed by atoms with Gasteiger partial charge in [0.25, 0.3) is 0 Å². The van der Waals surface area contributed by atoms with E-state index in [-0.39, 0.29) is 12.2 Å². The average molecular weight is 172 g/mol. The number of carbonyl (C=O) groups is 2. The Kier molecular flexibility index (Phi) is 2.68. The molecule has 1 rings (SSSR count). The van der Waals surface area contributed by atoms with Crippen LogP contribution in [0, 0.1) is 0 Å². The van der Waals surface area contributed by atoms with Crippen LogP contribution in [0.25, 0.3) is 0 Å². The minimum absolute atomic E-state index is 0.0895. The third kappa shape index (κ3) is 2.26. The van der Waals surface area contributed by atoms with E-state index in [4.69, 9.17) is 5.11 Å². The zero-order valence-corrected chi connectivity index (χ0v) is 6.28. The molecule has 0 spiro atoms. The third-order valence-corrected chi connectivity index (χ3v) is 1.38. The normalized spacial score (nSPS) is 22.3. The molecule has 66 valence electrons. The van der Waals surface area contributed by atoms with Gasteiger partial charge in [-0.2, -0.15) is 0 Å². The van der Waals surface area contributed by atoms with Crippen LogP contribution in [0.3, 0.4) is 0 Å². The van der Waals surface area contributed by atoms with Crippen molar-refractivity contribution >= 4 is 12.1 Å². The second-order valence-electron chi connectivity index (χ2n) is 2.27. The van der Waals surface area contributed by atoms with E-state index in [0.29, 0.717) is 12.8 Å². The van der Waals surface area contributed by atoms with Crippen molar-refractivity contribution in [3.05, 3.63) is 11.8 Å². The van der Waals surface area contributed by atoms with Gasteiger partial charge >= 0.3 is 12.1 Å². The molecule has 5 nitrogen and oxygen atoms in total. The lowest BCUT2D eigenvalue weighted by Gasteiger charge is -2.08. The summed E-state index contributed by atoms with van der Waals surface area (Å²) in [6, 6.07) is 0. The molecule has 1 N–H and O–H groups in total. The summed E-state index contributed by atoms with van der Waals surface area (Å²) in [5.41, 5.74) is 0.0895. The molecule has 0 bridgehead atoms. The zero-order chi connectivity index (χ0) is 8.97. The Bertz CT molecular complexity index is 230. The Labute approximate surface area is 68.6 Å². The van der Waals surface area contributed by atoms with E-state index in [2.05, 4.69) is 9.47 Å². The maximum absolute atomic E-state index is 10.5. The summed E-state index contributed by atoms with van der Waals surface area (Å²) in [6.07, 6.45) is 0.924. The number of carboxylic acid groups (broad SMARTS) is 1. The standard InChI is InChI=1S/C7H8O5/c8-6(9)5-2-1-3-11-7(10)12-4-5/h4H,1-3H2,(H,8,9)/b5-4+. The summed E-state index contributed by atoms with van der Waals surface area (Å²) >= 11 is 0. The molecule has 0 aliphatic carbocycles. The fourth-order valence-corrected chi connectivity index (χ4v) is 0.788. The van der Waals surface area contributed by atoms with Crippen LogP contribution in [0.1, 0.15) is 12.8 Å². The van der Waals surface area contributed by atoms with E-state index in [1.807, 2.05) is 0 Å². The van der Waals surface area contributed by atoms with Gasteiger partial charge in [0.2, 0.25) is 0 Å². The first-order valence-electron chi connectivity index (χ1n) is 3.46. The van der Waals surface area contributed by atoms with Crippen LogP contribution in [-0.2, 0) is 14.3 Å². The van der Waals surface area contributed by atoms with Gasteiger partial charge in [-0.15, -0.1) is 0 Å². The Morgan fingerprint density at radius 1 is 1.58 bits per heavy atom. The van der Waals surface area contributed by atoms with Gasteiger partial charge in [0.15, 0.2) is 0 Å². The Balaban J connectivity index is 2.65. The second kappa shape index (κ2) is 3.75.